The Morgan fingerprint density at radius 3 is 2.50 bits per heavy atom. The lowest BCUT2D eigenvalue weighted by molar-refractivity contribution is -0.143. The number of carbonyl (C=O) groups is 2. The number of hydrogen-bond acceptors (Lipinski definition) is 2. The van der Waals surface area contributed by atoms with Gasteiger partial charge in [0.2, 0.25) is 0 Å². The summed E-state index contributed by atoms with van der Waals surface area (Å²) >= 11 is 0. The number of urea groups is 1. The number of hydrogen-bond donors (Lipinski definition) is 3. The van der Waals surface area contributed by atoms with E-state index in [0.717, 1.165) is 12.8 Å². The van der Waals surface area contributed by atoms with Gasteiger partial charge in [0.05, 0.1) is 5.92 Å². The van der Waals surface area contributed by atoms with Crippen molar-refractivity contribution in [3.05, 3.63) is 12.7 Å². The van der Waals surface area contributed by atoms with E-state index in [1.807, 2.05) is 6.92 Å². The molecule has 1 saturated carbocycles. The summed E-state index contributed by atoms with van der Waals surface area (Å²) in [5, 5.41) is 14.4. The second kappa shape index (κ2) is 7.03. The van der Waals surface area contributed by atoms with Crippen molar-refractivity contribution in [3.63, 3.8) is 0 Å². The van der Waals surface area contributed by atoms with Crippen LogP contribution in [0.1, 0.15) is 32.6 Å². The Morgan fingerprint density at radius 1 is 1.39 bits per heavy atom. The van der Waals surface area contributed by atoms with Crippen LogP contribution in [0.5, 0.6) is 0 Å². The van der Waals surface area contributed by atoms with Crippen LogP contribution < -0.4 is 10.6 Å². The topological polar surface area (TPSA) is 78.4 Å². The Morgan fingerprint density at radius 2 is 2.00 bits per heavy atom. The molecule has 0 aromatic rings. The van der Waals surface area contributed by atoms with Crippen LogP contribution in [0.15, 0.2) is 12.7 Å². The van der Waals surface area contributed by atoms with Gasteiger partial charge in [0.15, 0.2) is 0 Å². The number of carbonyl (C=O) groups excluding carboxylic acids is 1. The lowest BCUT2D eigenvalue weighted by Crippen LogP contribution is -2.42. The van der Waals surface area contributed by atoms with E-state index in [-0.39, 0.29) is 18.0 Å². The van der Waals surface area contributed by atoms with Crippen LogP contribution in [-0.2, 0) is 4.79 Å². The van der Waals surface area contributed by atoms with Crippen LogP contribution >= 0.6 is 0 Å². The van der Waals surface area contributed by atoms with Crippen LogP contribution in [0, 0.1) is 11.8 Å². The van der Waals surface area contributed by atoms with Crippen LogP contribution in [0.4, 0.5) is 4.79 Å². The van der Waals surface area contributed by atoms with Crippen LogP contribution in [0.25, 0.3) is 0 Å². The maximum atomic E-state index is 11.5. The molecule has 0 radical (unpaired) electrons. The number of amides is 2. The predicted molar refractivity (Wildman–Crippen MR) is 69.3 cm³/mol. The van der Waals surface area contributed by atoms with Gasteiger partial charge in [-0.1, -0.05) is 6.08 Å². The third-order valence-electron chi connectivity index (χ3n) is 3.46. The fourth-order valence-corrected chi connectivity index (χ4v) is 2.17. The molecule has 1 aliphatic rings. The van der Waals surface area contributed by atoms with E-state index in [1.54, 1.807) is 6.08 Å². The zero-order valence-corrected chi connectivity index (χ0v) is 10.8. The molecular weight excluding hydrogens is 232 g/mol. The molecule has 0 bridgehead atoms. The van der Waals surface area contributed by atoms with Gasteiger partial charge in [0.25, 0.3) is 0 Å². The normalized spacial score (nSPS) is 24.9. The molecule has 1 atom stereocenters. The minimum absolute atomic E-state index is 0.0484. The van der Waals surface area contributed by atoms with Crippen molar-refractivity contribution in [2.75, 3.05) is 6.54 Å². The Kier molecular flexibility index (Phi) is 5.68. The molecular formula is C13H22N2O3. The smallest absolute Gasteiger partial charge is 0.315 e. The highest BCUT2D eigenvalue weighted by Gasteiger charge is 2.25. The summed E-state index contributed by atoms with van der Waals surface area (Å²) in [5.74, 6) is -0.500. The van der Waals surface area contributed by atoms with Crippen molar-refractivity contribution >= 4 is 12.0 Å². The number of carboxylic acid groups (broad SMARTS) is 1. The first kappa shape index (κ1) is 14.5. The first-order valence-corrected chi connectivity index (χ1v) is 6.42. The molecule has 18 heavy (non-hydrogen) atoms. The SMILES string of the molecule is C=CC(C)NC(=O)NCC1CCC(C(=O)O)CC1. The van der Waals surface area contributed by atoms with Crippen molar-refractivity contribution in [1.29, 1.82) is 0 Å². The highest BCUT2D eigenvalue weighted by Crippen LogP contribution is 2.28. The van der Waals surface area contributed by atoms with Gasteiger partial charge in [0.1, 0.15) is 0 Å². The third kappa shape index (κ3) is 4.77. The summed E-state index contributed by atoms with van der Waals surface area (Å²) in [6.45, 7) is 6.06. The zero-order chi connectivity index (χ0) is 13.5. The van der Waals surface area contributed by atoms with Gasteiger partial charge in [-0.2, -0.15) is 0 Å². The van der Waals surface area contributed by atoms with Gasteiger partial charge < -0.3 is 15.7 Å². The van der Waals surface area contributed by atoms with Gasteiger partial charge in [-0.15, -0.1) is 6.58 Å². The van der Waals surface area contributed by atoms with Crippen molar-refractivity contribution in [2.24, 2.45) is 11.8 Å². The average Bonchev–Trinajstić information content (AvgIpc) is 2.36. The summed E-state index contributed by atoms with van der Waals surface area (Å²) < 4.78 is 0. The van der Waals surface area contributed by atoms with Gasteiger partial charge >= 0.3 is 12.0 Å². The average molecular weight is 254 g/mol. The molecule has 0 aromatic heterocycles. The monoisotopic (exact) mass is 254 g/mol. The molecule has 3 N–H and O–H groups in total. The number of rotatable bonds is 5. The van der Waals surface area contributed by atoms with E-state index < -0.39 is 5.97 Å². The van der Waals surface area contributed by atoms with Crippen LogP contribution in [0.3, 0.4) is 0 Å². The summed E-state index contributed by atoms with van der Waals surface area (Å²) in [5.41, 5.74) is 0. The van der Waals surface area contributed by atoms with E-state index in [2.05, 4.69) is 17.2 Å². The van der Waals surface area contributed by atoms with Gasteiger partial charge in [-0.3, -0.25) is 4.79 Å². The molecule has 1 rings (SSSR count). The first-order chi connectivity index (χ1) is 8.52. The lowest BCUT2D eigenvalue weighted by Gasteiger charge is -2.26. The Balaban J connectivity index is 2.19. The van der Waals surface area contributed by atoms with Crippen molar-refractivity contribution in [3.8, 4) is 0 Å². The number of nitrogens with one attached hydrogen (secondary N) is 2. The molecule has 102 valence electrons. The van der Waals surface area contributed by atoms with Crippen LogP contribution in [-0.4, -0.2) is 29.7 Å². The van der Waals surface area contributed by atoms with E-state index >= 15 is 0 Å². The number of carboxylic acids is 1. The number of aliphatic carboxylic acids is 1. The molecule has 0 spiro atoms. The molecule has 0 heterocycles. The fourth-order valence-electron chi connectivity index (χ4n) is 2.17. The maximum Gasteiger partial charge on any atom is 0.315 e. The molecule has 5 nitrogen and oxygen atoms in total. The van der Waals surface area contributed by atoms with E-state index in [1.165, 1.54) is 0 Å². The summed E-state index contributed by atoms with van der Waals surface area (Å²) in [7, 11) is 0. The van der Waals surface area contributed by atoms with E-state index in [9.17, 15) is 9.59 Å². The molecule has 1 fully saturated rings. The van der Waals surface area contributed by atoms with E-state index in [4.69, 9.17) is 5.11 Å². The summed E-state index contributed by atoms with van der Waals surface area (Å²) in [4.78, 5) is 22.3. The van der Waals surface area contributed by atoms with Crippen molar-refractivity contribution in [1.82, 2.24) is 10.6 Å². The summed E-state index contributed by atoms with van der Waals surface area (Å²) in [6.07, 6.45) is 4.83. The van der Waals surface area contributed by atoms with Gasteiger partial charge in [0, 0.05) is 12.6 Å². The molecule has 0 saturated heterocycles. The Labute approximate surface area is 108 Å². The molecule has 0 aromatic carbocycles. The summed E-state index contributed by atoms with van der Waals surface area (Å²) in [6, 6.07) is -0.240. The fraction of sp³-hybridized carbons (Fsp3) is 0.692. The van der Waals surface area contributed by atoms with Gasteiger partial charge in [-0.25, -0.2) is 4.79 Å². The molecule has 0 aliphatic heterocycles. The molecule has 1 unspecified atom stereocenters. The molecule has 5 heteroatoms. The van der Waals surface area contributed by atoms with Crippen LogP contribution in [0.2, 0.25) is 0 Å². The Bertz CT molecular complexity index is 309. The predicted octanol–water partition coefficient (Wildman–Crippen LogP) is 1.75. The largest absolute Gasteiger partial charge is 0.481 e. The standard InChI is InChI=1S/C13H22N2O3/c1-3-9(2)15-13(18)14-8-10-4-6-11(7-5-10)12(16)17/h3,9-11H,1,4-8H2,2H3,(H,16,17)(H2,14,15,18). The Hall–Kier alpha value is -1.52. The molecule has 2 amide bonds. The second-order valence-electron chi connectivity index (χ2n) is 4.93. The quantitative estimate of drug-likeness (QED) is 0.654. The minimum atomic E-state index is -0.695. The highest BCUT2D eigenvalue weighted by atomic mass is 16.4. The molecule has 1 aliphatic carbocycles. The minimum Gasteiger partial charge on any atom is -0.481 e. The highest BCUT2D eigenvalue weighted by molar-refractivity contribution is 5.74. The first-order valence-electron chi connectivity index (χ1n) is 6.42. The maximum absolute atomic E-state index is 11.5. The zero-order valence-electron chi connectivity index (χ0n) is 10.8. The van der Waals surface area contributed by atoms with Gasteiger partial charge in [-0.05, 0) is 38.5 Å². The lowest BCUT2D eigenvalue weighted by atomic mass is 9.82. The van der Waals surface area contributed by atoms with E-state index in [0.29, 0.717) is 25.3 Å². The second-order valence-corrected chi connectivity index (χ2v) is 4.93. The van der Waals surface area contributed by atoms with Crippen molar-refractivity contribution < 1.29 is 14.7 Å². The third-order valence-corrected chi connectivity index (χ3v) is 3.46. The van der Waals surface area contributed by atoms with Crippen molar-refractivity contribution in [2.45, 2.75) is 38.6 Å².